The molecule has 0 rings (SSSR count). The highest BCUT2D eigenvalue weighted by Crippen LogP contribution is 2.17. The second-order valence-electron chi connectivity index (χ2n) is 3.42. The van der Waals surface area contributed by atoms with Gasteiger partial charge >= 0.3 is 5.76 Å². The lowest BCUT2D eigenvalue weighted by atomic mass is 9.98. The average Bonchev–Trinajstić information content (AvgIpc) is 2.01. The second kappa shape index (κ2) is 4.65. The molecule has 0 saturated carbocycles. The van der Waals surface area contributed by atoms with Gasteiger partial charge in [0.1, 0.15) is 0 Å². The third-order valence-electron chi connectivity index (χ3n) is 1.35. The summed E-state index contributed by atoms with van der Waals surface area (Å²) in [4.78, 5) is 0. The first-order valence-corrected chi connectivity index (χ1v) is 6.21. The molecule has 0 aromatic heterocycles. The smallest absolute Gasteiger partial charge is 0.210 e. The molecule has 0 aromatic carbocycles. The summed E-state index contributed by atoms with van der Waals surface area (Å²) in [6, 6.07) is 0. The van der Waals surface area contributed by atoms with Crippen molar-refractivity contribution in [1.82, 2.24) is 4.72 Å². The first kappa shape index (κ1) is 13.2. The average molecular weight is 280 g/mol. The maximum atomic E-state index is 11.8. The van der Waals surface area contributed by atoms with Crippen molar-refractivity contribution >= 4 is 26.0 Å². The van der Waals surface area contributed by atoms with E-state index in [0.29, 0.717) is 5.33 Å². The molecule has 0 bridgehead atoms. The van der Waals surface area contributed by atoms with Crippen molar-refractivity contribution in [2.75, 3.05) is 11.9 Å². The van der Waals surface area contributed by atoms with Crippen molar-refractivity contribution in [2.45, 2.75) is 19.6 Å². The SMILES string of the molecule is CC(C)(CBr)CNS(=O)(=O)C(F)F. The van der Waals surface area contributed by atoms with Crippen LogP contribution in [0.1, 0.15) is 13.8 Å². The van der Waals surface area contributed by atoms with Gasteiger partial charge in [0.05, 0.1) is 0 Å². The summed E-state index contributed by atoms with van der Waals surface area (Å²) in [5.74, 6) is -3.36. The first-order valence-electron chi connectivity index (χ1n) is 3.54. The summed E-state index contributed by atoms with van der Waals surface area (Å²) in [5.41, 5.74) is -0.373. The summed E-state index contributed by atoms with van der Waals surface area (Å²) < 4.78 is 46.7. The Morgan fingerprint density at radius 3 is 2.23 bits per heavy atom. The van der Waals surface area contributed by atoms with Crippen LogP contribution in [-0.4, -0.2) is 26.1 Å². The molecule has 7 heteroatoms. The fraction of sp³-hybridized carbons (Fsp3) is 1.00. The number of alkyl halides is 3. The van der Waals surface area contributed by atoms with Crippen LogP contribution in [0.15, 0.2) is 0 Å². The van der Waals surface area contributed by atoms with E-state index >= 15 is 0 Å². The van der Waals surface area contributed by atoms with Crippen molar-refractivity contribution in [3.8, 4) is 0 Å². The van der Waals surface area contributed by atoms with Crippen LogP contribution in [-0.2, 0) is 10.0 Å². The van der Waals surface area contributed by atoms with Crippen molar-refractivity contribution in [2.24, 2.45) is 5.41 Å². The minimum Gasteiger partial charge on any atom is -0.210 e. The zero-order valence-electron chi connectivity index (χ0n) is 7.35. The molecule has 0 atom stereocenters. The van der Waals surface area contributed by atoms with Gasteiger partial charge in [-0.3, -0.25) is 0 Å². The molecule has 1 N–H and O–H groups in total. The van der Waals surface area contributed by atoms with Gasteiger partial charge in [0.2, 0.25) is 0 Å². The number of halogens is 3. The summed E-state index contributed by atoms with van der Waals surface area (Å²) >= 11 is 3.15. The van der Waals surface area contributed by atoms with Gasteiger partial charge in [-0.25, -0.2) is 13.1 Å². The van der Waals surface area contributed by atoms with Crippen LogP contribution in [0.4, 0.5) is 8.78 Å². The van der Waals surface area contributed by atoms with Gasteiger partial charge in [0.25, 0.3) is 10.0 Å². The zero-order valence-corrected chi connectivity index (χ0v) is 9.75. The van der Waals surface area contributed by atoms with Crippen molar-refractivity contribution < 1.29 is 17.2 Å². The fourth-order valence-electron chi connectivity index (χ4n) is 0.406. The molecule has 0 radical (unpaired) electrons. The molecular weight excluding hydrogens is 268 g/mol. The van der Waals surface area contributed by atoms with Crippen molar-refractivity contribution in [3.05, 3.63) is 0 Å². The fourth-order valence-corrected chi connectivity index (χ4v) is 1.32. The number of hydrogen-bond acceptors (Lipinski definition) is 2. The molecule has 0 aliphatic rings. The maximum absolute atomic E-state index is 11.8. The number of nitrogens with one attached hydrogen (secondary N) is 1. The normalized spacial score (nSPS) is 13.7. The largest absolute Gasteiger partial charge is 0.350 e. The van der Waals surface area contributed by atoms with Crippen LogP contribution >= 0.6 is 15.9 Å². The van der Waals surface area contributed by atoms with Crippen molar-refractivity contribution in [1.29, 1.82) is 0 Å². The first-order chi connectivity index (χ1) is 5.71. The molecule has 0 fully saturated rings. The molecule has 0 spiro atoms. The van der Waals surface area contributed by atoms with E-state index in [1.54, 1.807) is 13.8 Å². The molecule has 0 heterocycles. The summed E-state index contributed by atoms with van der Waals surface area (Å²) in [5, 5.41) is 0.533. The van der Waals surface area contributed by atoms with E-state index in [4.69, 9.17) is 0 Å². The Kier molecular flexibility index (Phi) is 4.74. The number of sulfonamides is 1. The van der Waals surface area contributed by atoms with Gasteiger partial charge in [0.15, 0.2) is 0 Å². The van der Waals surface area contributed by atoms with Crippen LogP contribution in [0.25, 0.3) is 0 Å². The van der Waals surface area contributed by atoms with E-state index in [2.05, 4.69) is 15.9 Å². The third-order valence-corrected chi connectivity index (χ3v) is 3.88. The molecule has 0 saturated heterocycles. The van der Waals surface area contributed by atoms with Gasteiger partial charge in [-0.2, -0.15) is 8.78 Å². The Hall–Kier alpha value is 0.250. The monoisotopic (exact) mass is 279 g/mol. The third kappa shape index (κ3) is 4.87. The highest BCUT2D eigenvalue weighted by Gasteiger charge is 2.26. The molecule has 80 valence electrons. The predicted octanol–water partition coefficient (Wildman–Crippen LogP) is 1.55. The molecule has 0 aliphatic heterocycles. The van der Waals surface area contributed by atoms with Gasteiger partial charge in [0, 0.05) is 11.9 Å². The van der Waals surface area contributed by atoms with E-state index in [1.165, 1.54) is 0 Å². The Bertz CT molecular complexity index is 253. The van der Waals surface area contributed by atoms with Crippen LogP contribution in [0, 0.1) is 5.41 Å². The number of hydrogen-bond donors (Lipinski definition) is 1. The molecule has 0 aromatic rings. The molecule has 0 amide bonds. The molecule has 0 aliphatic carbocycles. The Balaban J connectivity index is 4.19. The van der Waals surface area contributed by atoms with Gasteiger partial charge < -0.3 is 0 Å². The van der Waals surface area contributed by atoms with E-state index in [0.717, 1.165) is 0 Å². The van der Waals surface area contributed by atoms with Crippen LogP contribution in [0.5, 0.6) is 0 Å². The lowest BCUT2D eigenvalue weighted by molar-refractivity contribution is 0.231. The highest BCUT2D eigenvalue weighted by molar-refractivity contribution is 9.09. The quantitative estimate of drug-likeness (QED) is 0.777. The lowest BCUT2D eigenvalue weighted by Crippen LogP contribution is -2.37. The van der Waals surface area contributed by atoms with E-state index < -0.39 is 15.8 Å². The van der Waals surface area contributed by atoms with E-state index in [9.17, 15) is 17.2 Å². The Morgan fingerprint density at radius 1 is 1.46 bits per heavy atom. The van der Waals surface area contributed by atoms with Crippen LogP contribution in [0.2, 0.25) is 0 Å². The molecule has 3 nitrogen and oxygen atoms in total. The Labute approximate surface area is 85.1 Å². The molecular formula is C6H12BrF2NO2S. The van der Waals surface area contributed by atoms with E-state index in [-0.39, 0.29) is 12.0 Å². The standard InChI is InChI=1S/C6H12BrF2NO2S/c1-6(2,3-7)4-10-13(11,12)5(8)9/h5,10H,3-4H2,1-2H3. The second-order valence-corrected chi connectivity index (χ2v) is 5.72. The van der Waals surface area contributed by atoms with Crippen LogP contribution < -0.4 is 4.72 Å². The number of rotatable bonds is 5. The summed E-state index contributed by atoms with van der Waals surface area (Å²) in [7, 11) is -4.45. The predicted molar refractivity (Wildman–Crippen MR) is 50.5 cm³/mol. The summed E-state index contributed by atoms with van der Waals surface area (Å²) in [6.07, 6.45) is 0. The van der Waals surface area contributed by atoms with Gasteiger partial charge in [-0.05, 0) is 5.41 Å². The van der Waals surface area contributed by atoms with E-state index in [1.807, 2.05) is 4.72 Å². The Morgan fingerprint density at radius 2 is 1.92 bits per heavy atom. The van der Waals surface area contributed by atoms with Crippen molar-refractivity contribution in [3.63, 3.8) is 0 Å². The lowest BCUT2D eigenvalue weighted by Gasteiger charge is -2.21. The summed E-state index contributed by atoms with van der Waals surface area (Å²) in [6.45, 7) is 3.51. The maximum Gasteiger partial charge on any atom is 0.350 e. The van der Waals surface area contributed by atoms with Gasteiger partial charge in [-0.15, -0.1) is 0 Å². The van der Waals surface area contributed by atoms with Gasteiger partial charge in [-0.1, -0.05) is 29.8 Å². The minimum absolute atomic E-state index is 0.00900. The minimum atomic E-state index is -4.45. The highest BCUT2D eigenvalue weighted by atomic mass is 79.9. The van der Waals surface area contributed by atoms with Crippen LogP contribution in [0.3, 0.4) is 0 Å². The topological polar surface area (TPSA) is 46.2 Å². The molecule has 0 unspecified atom stereocenters. The zero-order chi connectivity index (χ0) is 10.7. The molecule has 13 heavy (non-hydrogen) atoms.